The quantitative estimate of drug-likeness (QED) is 0.886. The summed E-state index contributed by atoms with van der Waals surface area (Å²) in [5.41, 5.74) is 3.13. The number of carbonyl (C=O) groups excluding carboxylic acids is 1. The average molecular weight is 356 g/mol. The Morgan fingerprint density at radius 2 is 2.00 bits per heavy atom. The van der Waals surface area contributed by atoms with Gasteiger partial charge in [0.15, 0.2) is 0 Å². The maximum absolute atomic E-state index is 12.4. The molecule has 0 radical (unpaired) electrons. The molecule has 0 bridgehead atoms. The van der Waals surface area contributed by atoms with E-state index in [2.05, 4.69) is 40.3 Å². The summed E-state index contributed by atoms with van der Waals surface area (Å²) in [4.78, 5) is 14.6. The number of carbonyl (C=O) groups is 1. The Morgan fingerprint density at radius 1 is 1.27 bits per heavy atom. The molecule has 6 heteroatoms. The van der Waals surface area contributed by atoms with E-state index in [1.807, 2.05) is 26.0 Å². The second-order valence-electron chi connectivity index (χ2n) is 7.55. The van der Waals surface area contributed by atoms with E-state index in [1.165, 1.54) is 0 Å². The lowest BCUT2D eigenvalue weighted by Crippen LogP contribution is -2.38. The summed E-state index contributed by atoms with van der Waals surface area (Å²) in [6.45, 7) is 10.3. The van der Waals surface area contributed by atoms with Gasteiger partial charge >= 0.3 is 0 Å². The molecule has 0 spiro atoms. The number of anilines is 1. The zero-order valence-corrected chi connectivity index (χ0v) is 16.1. The van der Waals surface area contributed by atoms with E-state index < -0.39 is 0 Å². The normalized spacial score (nSPS) is 16.2. The Bertz CT molecular complexity index is 761. The lowest BCUT2D eigenvalue weighted by atomic mass is 9.97. The van der Waals surface area contributed by atoms with E-state index in [0.717, 1.165) is 48.6 Å². The highest BCUT2D eigenvalue weighted by molar-refractivity contribution is 5.93. The molecule has 1 saturated heterocycles. The van der Waals surface area contributed by atoms with Gasteiger partial charge in [0.25, 0.3) is 0 Å². The molecule has 1 aromatic carbocycles. The van der Waals surface area contributed by atoms with Crippen LogP contribution in [0.4, 0.5) is 5.69 Å². The predicted molar refractivity (Wildman–Crippen MR) is 101 cm³/mol. The van der Waals surface area contributed by atoms with Gasteiger partial charge in [0.1, 0.15) is 0 Å². The Labute approximate surface area is 155 Å². The van der Waals surface area contributed by atoms with E-state index in [9.17, 15) is 4.79 Å². The summed E-state index contributed by atoms with van der Waals surface area (Å²) >= 11 is 0. The first-order valence-corrected chi connectivity index (χ1v) is 9.35. The number of rotatable bonds is 5. The monoisotopic (exact) mass is 356 g/mol. The Balaban J connectivity index is 1.50. The predicted octanol–water partition coefficient (Wildman–Crippen LogP) is 3.63. The van der Waals surface area contributed by atoms with Gasteiger partial charge in [-0.25, -0.2) is 0 Å². The molecular formula is C20H28N4O2. The van der Waals surface area contributed by atoms with Gasteiger partial charge < -0.3 is 9.73 Å². The molecular weight excluding hydrogens is 328 g/mol. The zero-order chi connectivity index (χ0) is 18.7. The highest BCUT2D eigenvalue weighted by atomic mass is 16.4. The van der Waals surface area contributed by atoms with Crippen molar-refractivity contribution in [2.24, 2.45) is 0 Å². The van der Waals surface area contributed by atoms with Crippen molar-refractivity contribution in [2.45, 2.75) is 52.4 Å². The molecule has 0 unspecified atom stereocenters. The van der Waals surface area contributed by atoms with Gasteiger partial charge in [-0.2, -0.15) is 0 Å². The molecule has 1 aromatic heterocycles. The molecule has 0 aliphatic carbocycles. The lowest BCUT2D eigenvalue weighted by molar-refractivity contribution is -0.117. The molecule has 2 aromatic rings. The second kappa shape index (κ2) is 7.99. The number of amides is 1. The Hall–Kier alpha value is -2.21. The lowest BCUT2D eigenvalue weighted by Gasteiger charge is -2.29. The topological polar surface area (TPSA) is 71.3 Å². The van der Waals surface area contributed by atoms with Gasteiger partial charge in [-0.1, -0.05) is 26.0 Å². The molecule has 1 amide bonds. The number of aromatic nitrogens is 2. The standard InChI is InChI=1S/C20H28N4O2/c1-13(2)19-22-23-20(26-19)16-7-9-24(10-8-16)12-18(25)21-17-11-14(3)5-6-15(17)4/h5-6,11,13,16H,7-10,12H2,1-4H3,(H,21,25). The van der Waals surface area contributed by atoms with E-state index in [0.29, 0.717) is 18.4 Å². The number of hydrogen-bond acceptors (Lipinski definition) is 5. The third kappa shape index (κ3) is 4.49. The van der Waals surface area contributed by atoms with Crippen LogP contribution in [0, 0.1) is 13.8 Å². The first-order valence-electron chi connectivity index (χ1n) is 9.35. The molecule has 1 aliphatic rings. The van der Waals surface area contributed by atoms with Crippen LogP contribution in [-0.4, -0.2) is 40.6 Å². The van der Waals surface area contributed by atoms with Crippen molar-refractivity contribution in [3.05, 3.63) is 41.1 Å². The fourth-order valence-corrected chi connectivity index (χ4v) is 3.25. The molecule has 3 rings (SSSR count). The summed E-state index contributed by atoms with van der Waals surface area (Å²) in [6.07, 6.45) is 1.88. The zero-order valence-electron chi connectivity index (χ0n) is 16.1. The van der Waals surface area contributed by atoms with E-state index in [1.54, 1.807) is 0 Å². The Kier molecular flexibility index (Phi) is 5.71. The molecule has 1 aliphatic heterocycles. The maximum Gasteiger partial charge on any atom is 0.238 e. The first-order chi connectivity index (χ1) is 12.4. The van der Waals surface area contributed by atoms with Gasteiger partial charge in [-0.05, 0) is 57.0 Å². The number of nitrogens with one attached hydrogen (secondary N) is 1. The first kappa shape index (κ1) is 18.6. The third-order valence-electron chi connectivity index (χ3n) is 4.92. The molecule has 1 N–H and O–H groups in total. The van der Waals surface area contributed by atoms with Crippen LogP contribution in [0.2, 0.25) is 0 Å². The van der Waals surface area contributed by atoms with E-state index in [4.69, 9.17) is 4.42 Å². The van der Waals surface area contributed by atoms with Gasteiger partial charge in [0.05, 0.1) is 6.54 Å². The minimum Gasteiger partial charge on any atom is -0.425 e. The minimum atomic E-state index is 0.0389. The van der Waals surface area contributed by atoms with Crippen molar-refractivity contribution < 1.29 is 9.21 Å². The number of likely N-dealkylation sites (tertiary alicyclic amines) is 1. The van der Waals surface area contributed by atoms with Crippen LogP contribution in [0.15, 0.2) is 22.6 Å². The minimum absolute atomic E-state index is 0.0389. The number of benzene rings is 1. The van der Waals surface area contributed by atoms with Gasteiger partial charge in [-0.15, -0.1) is 10.2 Å². The highest BCUT2D eigenvalue weighted by Gasteiger charge is 2.26. The summed E-state index contributed by atoms with van der Waals surface area (Å²) in [5, 5.41) is 11.4. The second-order valence-corrected chi connectivity index (χ2v) is 7.55. The van der Waals surface area contributed by atoms with Crippen LogP contribution in [0.3, 0.4) is 0 Å². The molecule has 0 saturated carbocycles. The number of aryl methyl sites for hydroxylation is 2. The molecule has 2 heterocycles. The smallest absolute Gasteiger partial charge is 0.238 e. The van der Waals surface area contributed by atoms with E-state index >= 15 is 0 Å². The summed E-state index contributed by atoms with van der Waals surface area (Å²) in [5.74, 6) is 2.04. The summed E-state index contributed by atoms with van der Waals surface area (Å²) in [7, 11) is 0. The van der Waals surface area contributed by atoms with Crippen LogP contribution in [0.1, 0.15) is 61.4 Å². The van der Waals surface area contributed by atoms with E-state index in [-0.39, 0.29) is 11.8 Å². The largest absolute Gasteiger partial charge is 0.425 e. The SMILES string of the molecule is Cc1ccc(C)c(NC(=O)CN2CCC(c3nnc(C(C)C)o3)CC2)c1. The van der Waals surface area contributed by atoms with Crippen LogP contribution >= 0.6 is 0 Å². The molecule has 6 nitrogen and oxygen atoms in total. The molecule has 26 heavy (non-hydrogen) atoms. The van der Waals surface area contributed by atoms with Gasteiger partial charge in [-0.3, -0.25) is 9.69 Å². The summed E-state index contributed by atoms with van der Waals surface area (Å²) < 4.78 is 5.78. The van der Waals surface area contributed by atoms with Crippen molar-refractivity contribution >= 4 is 11.6 Å². The van der Waals surface area contributed by atoms with Crippen molar-refractivity contribution in [1.82, 2.24) is 15.1 Å². The van der Waals surface area contributed by atoms with Crippen molar-refractivity contribution in [1.29, 1.82) is 0 Å². The summed E-state index contributed by atoms with van der Waals surface area (Å²) in [6, 6.07) is 6.10. The van der Waals surface area contributed by atoms with Crippen molar-refractivity contribution in [2.75, 3.05) is 25.0 Å². The van der Waals surface area contributed by atoms with Gasteiger partial charge in [0, 0.05) is 17.5 Å². The number of piperidine rings is 1. The molecule has 1 fully saturated rings. The van der Waals surface area contributed by atoms with Crippen LogP contribution in [-0.2, 0) is 4.79 Å². The van der Waals surface area contributed by atoms with Crippen molar-refractivity contribution in [3.63, 3.8) is 0 Å². The van der Waals surface area contributed by atoms with Crippen LogP contribution in [0.5, 0.6) is 0 Å². The molecule has 0 atom stereocenters. The fourth-order valence-electron chi connectivity index (χ4n) is 3.25. The fraction of sp³-hybridized carbons (Fsp3) is 0.550. The average Bonchev–Trinajstić information content (AvgIpc) is 3.09. The Morgan fingerprint density at radius 3 is 2.65 bits per heavy atom. The van der Waals surface area contributed by atoms with Crippen LogP contribution < -0.4 is 5.32 Å². The maximum atomic E-state index is 12.4. The van der Waals surface area contributed by atoms with Crippen LogP contribution in [0.25, 0.3) is 0 Å². The number of hydrogen-bond donors (Lipinski definition) is 1. The number of nitrogens with zero attached hydrogens (tertiary/aromatic N) is 3. The van der Waals surface area contributed by atoms with Crippen molar-refractivity contribution in [3.8, 4) is 0 Å². The third-order valence-corrected chi connectivity index (χ3v) is 4.92. The molecule has 140 valence electrons. The highest BCUT2D eigenvalue weighted by Crippen LogP contribution is 2.28. The van der Waals surface area contributed by atoms with Gasteiger partial charge in [0.2, 0.25) is 17.7 Å².